The van der Waals surface area contributed by atoms with E-state index in [-0.39, 0.29) is 11.4 Å². The molecule has 2 N–H and O–H groups in total. The zero-order chi connectivity index (χ0) is 17.7. The van der Waals surface area contributed by atoms with Gasteiger partial charge in [0.2, 0.25) is 0 Å². The van der Waals surface area contributed by atoms with Crippen molar-refractivity contribution < 1.29 is 4.79 Å². The van der Waals surface area contributed by atoms with Gasteiger partial charge in [0, 0.05) is 28.3 Å². The lowest BCUT2D eigenvalue weighted by Crippen LogP contribution is -2.27. The van der Waals surface area contributed by atoms with Gasteiger partial charge in [-0.3, -0.25) is 4.79 Å². The summed E-state index contributed by atoms with van der Waals surface area (Å²) in [5.74, 6) is 0.585. The number of nitrogens with one attached hydrogen (secondary N) is 2. The number of nitrogens with zero attached hydrogens (tertiary/aromatic N) is 1. The van der Waals surface area contributed by atoms with Crippen molar-refractivity contribution in [2.75, 3.05) is 11.9 Å². The van der Waals surface area contributed by atoms with Gasteiger partial charge in [-0.2, -0.15) is 0 Å². The maximum absolute atomic E-state index is 12.1. The Bertz CT molecular complexity index is 709. The van der Waals surface area contributed by atoms with Crippen LogP contribution in [-0.2, 0) is 6.42 Å². The third-order valence-electron chi connectivity index (χ3n) is 3.22. The van der Waals surface area contributed by atoms with Crippen molar-refractivity contribution >= 4 is 34.9 Å². The average Bonchev–Trinajstić information content (AvgIpc) is 2.48. The van der Waals surface area contributed by atoms with Gasteiger partial charge in [-0.05, 0) is 57.0 Å². The zero-order valence-corrected chi connectivity index (χ0v) is 15.5. The quantitative estimate of drug-likeness (QED) is 0.815. The maximum atomic E-state index is 12.1. The van der Waals surface area contributed by atoms with E-state index >= 15 is 0 Å². The first-order chi connectivity index (χ1) is 11.2. The van der Waals surface area contributed by atoms with Crippen LogP contribution >= 0.6 is 23.2 Å². The summed E-state index contributed by atoms with van der Waals surface area (Å²) in [7, 11) is 0. The van der Waals surface area contributed by atoms with Gasteiger partial charge in [-0.25, -0.2) is 4.98 Å². The first-order valence-corrected chi connectivity index (χ1v) is 8.46. The van der Waals surface area contributed by atoms with E-state index in [0.717, 1.165) is 11.4 Å². The molecule has 2 rings (SSSR count). The molecule has 0 spiro atoms. The van der Waals surface area contributed by atoms with E-state index in [1.807, 2.05) is 6.07 Å². The van der Waals surface area contributed by atoms with Crippen LogP contribution in [0.3, 0.4) is 0 Å². The number of aromatic nitrogens is 1. The topological polar surface area (TPSA) is 54.0 Å². The number of halogens is 2. The van der Waals surface area contributed by atoms with Crippen LogP contribution in [0.15, 0.2) is 36.5 Å². The van der Waals surface area contributed by atoms with Crippen LogP contribution < -0.4 is 10.6 Å². The molecule has 1 aromatic carbocycles. The smallest absolute Gasteiger partial charge is 0.252 e. The van der Waals surface area contributed by atoms with Gasteiger partial charge in [0.25, 0.3) is 5.91 Å². The highest BCUT2D eigenvalue weighted by Gasteiger charge is 2.11. The van der Waals surface area contributed by atoms with E-state index in [9.17, 15) is 4.79 Å². The monoisotopic (exact) mass is 365 g/mol. The number of carbonyl (C=O) groups excluding carboxylic acids is 1. The third-order valence-corrected chi connectivity index (χ3v) is 3.81. The Morgan fingerprint density at radius 3 is 2.50 bits per heavy atom. The molecule has 0 unspecified atom stereocenters. The van der Waals surface area contributed by atoms with Crippen LogP contribution in [0.5, 0.6) is 0 Å². The number of hydrogen-bond donors (Lipinski definition) is 2. The van der Waals surface area contributed by atoms with E-state index in [0.29, 0.717) is 28.6 Å². The highest BCUT2D eigenvalue weighted by Crippen LogP contribution is 2.21. The fourth-order valence-electron chi connectivity index (χ4n) is 2.12. The Morgan fingerprint density at radius 1 is 1.17 bits per heavy atom. The van der Waals surface area contributed by atoms with Crippen LogP contribution in [0.4, 0.5) is 5.82 Å². The molecule has 6 heteroatoms. The molecule has 0 aliphatic heterocycles. The molecule has 0 saturated heterocycles. The molecular formula is C18H21Cl2N3O. The number of rotatable bonds is 5. The molecule has 1 heterocycles. The van der Waals surface area contributed by atoms with Crippen molar-refractivity contribution in [3.63, 3.8) is 0 Å². The number of anilines is 1. The predicted molar refractivity (Wildman–Crippen MR) is 100 cm³/mol. The van der Waals surface area contributed by atoms with E-state index < -0.39 is 0 Å². The SMILES string of the molecule is CC(C)(C)Nc1ccc(C(=O)NCCc2ccc(Cl)cc2Cl)cn1. The van der Waals surface area contributed by atoms with Gasteiger partial charge < -0.3 is 10.6 Å². The second-order valence-electron chi connectivity index (χ2n) is 6.55. The molecular weight excluding hydrogens is 345 g/mol. The van der Waals surface area contributed by atoms with Crippen LogP contribution in [0.2, 0.25) is 10.0 Å². The molecule has 0 bridgehead atoms. The lowest BCUT2D eigenvalue weighted by molar-refractivity contribution is 0.0954. The number of benzene rings is 1. The zero-order valence-electron chi connectivity index (χ0n) is 14.0. The Hall–Kier alpha value is -1.78. The first-order valence-electron chi connectivity index (χ1n) is 7.71. The highest BCUT2D eigenvalue weighted by atomic mass is 35.5. The van der Waals surface area contributed by atoms with Crippen LogP contribution in [0.25, 0.3) is 0 Å². The molecule has 0 fully saturated rings. The summed E-state index contributed by atoms with van der Waals surface area (Å²) in [4.78, 5) is 16.4. The molecule has 24 heavy (non-hydrogen) atoms. The van der Waals surface area contributed by atoms with Crippen LogP contribution in [0, 0.1) is 0 Å². The molecule has 1 amide bonds. The minimum atomic E-state index is -0.158. The van der Waals surface area contributed by atoms with E-state index in [4.69, 9.17) is 23.2 Å². The maximum Gasteiger partial charge on any atom is 0.252 e. The van der Waals surface area contributed by atoms with Gasteiger partial charge >= 0.3 is 0 Å². The summed E-state index contributed by atoms with van der Waals surface area (Å²) in [6.07, 6.45) is 2.21. The second-order valence-corrected chi connectivity index (χ2v) is 7.39. The molecule has 1 aromatic heterocycles. The van der Waals surface area contributed by atoms with Gasteiger partial charge in [-0.1, -0.05) is 29.3 Å². The summed E-state index contributed by atoms with van der Waals surface area (Å²) in [5, 5.41) is 7.33. The largest absolute Gasteiger partial charge is 0.365 e. The molecule has 0 aliphatic rings. The van der Waals surface area contributed by atoms with Gasteiger partial charge in [0.1, 0.15) is 5.82 Å². The van der Waals surface area contributed by atoms with Crippen LogP contribution in [-0.4, -0.2) is 23.0 Å². The molecule has 128 valence electrons. The van der Waals surface area contributed by atoms with Gasteiger partial charge in [-0.15, -0.1) is 0 Å². The highest BCUT2D eigenvalue weighted by molar-refractivity contribution is 6.35. The second kappa shape index (κ2) is 7.86. The van der Waals surface area contributed by atoms with Gasteiger partial charge in [0.05, 0.1) is 5.56 Å². The molecule has 0 radical (unpaired) electrons. The van der Waals surface area contributed by atoms with Crippen molar-refractivity contribution in [2.24, 2.45) is 0 Å². The predicted octanol–water partition coefficient (Wildman–Crippen LogP) is 4.57. The van der Waals surface area contributed by atoms with E-state index in [2.05, 4.69) is 36.4 Å². The lowest BCUT2D eigenvalue weighted by atomic mass is 10.1. The van der Waals surface area contributed by atoms with Crippen molar-refractivity contribution in [2.45, 2.75) is 32.7 Å². The summed E-state index contributed by atoms with van der Waals surface area (Å²) in [6, 6.07) is 8.91. The van der Waals surface area contributed by atoms with Gasteiger partial charge in [0.15, 0.2) is 0 Å². The lowest BCUT2D eigenvalue weighted by Gasteiger charge is -2.21. The number of hydrogen-bond acceptors (Lipinski definition) is 3. The van der Waals surface area contributed by atoms with Crippen molar-refractivity contribution in [1.82, 2.24) is 10.3 Å². The molecule has 4 nitrogen and oxygen atoms in total. The fraction of sp³-hybridized carbons (Fsp3) is 0.333. The minimum Gasteiger partial charge on any atom is -0.365 e. The Labute approximate surface area is 152 Å². The minimum absolute atomic E-state index is 0.0748. The summed E-state index contributed by atoms with van der Waals surface area (Å²) in [5.41, 5.74) is 1.40. The number of pyridine rings is 1. The first kappa shape index (κ1) is 18.6. The standard InChI is InChI=1S/C18H21Cl2N3O/c1-18(2,3)23-16-7-5-13(11-22-16)17(24)21-9-8-12-4-6-14(19)10-15(12)20/h4-7,10-11H,8-9H2,1-3H3,(H,21,24)(H,22,23). The van der Waals surface area contributed by atoms with Crippen molar-refractivity contribution in [1.29, 1.82) is 0 Å². The fourth-order valence-corrected chi connectivity index (χ4v) is 2.63. The average molecular weight is 366 g/mol. The molecule has 0 aliphatic carbocycles. The normalized spacial score (nSPS) is 11.2. The Morgan fingerprint density at radius 2 is 1.92 bits per heavy atom. The van der Waals surface area contributed by atoms with Crippen molar-refractivity contribution in [3.8, 4) is 0 Å². The van der Waals surface area contributed by atoms with Crippen LogP contribution in [0.1, 0.15) is 36.7 Å². The number of carbonyl (C=O) groups is 1. The van der Waals surface area contributed by atoms with Crippen molar-refractivity contribution in [3.05, 3.63) is 57.7 Å². The Kier molecular flexibility index (Phi) is 6.08. The third kappa shape index (κ3) is 5.69. The molecule has 2 aromatic rings. The van der Waals surface area contributed by atoms with E-state index in [1.54, 1.807) is 30.5 Å². The summed E-state index contributed by atoms with van der Waals surface area (Å²) >= 11 is 12.0. The van der Waals surface area contributed by atoms with E-state index in [1.165, 1.54) is 0 Å². The summed E-state index contributed by atoms with van der Waals surface area (Å²) < 4.78 is 0. The molecule has 0 atom stereocenters. The summed E-state index contributed by atoms with van der Waals surface area (Å²) in [6.45, 7) is 6.65. The Balaban J connectivity index is 1.88. The number of amides is 1. The molecule has 0 saturated carbocycles.